The van der Waals surface area contributed by atoms with Gasteiger partial charge in [0.05, 0.1) is 0 Å². The molecule has 0 heterocycles. The van der Waals surface area contributed by atoms with Crippen molar-refractivity contribution in [1.82, 2.24) is 0 Å². The Morgan fingerprint density at radius 1 is 0.396 bits per heavy atom. The molecule has 280 valence electrons. The summed E-state index contributed by atoms with van der Waals surface area (Å²) in [6, 6.07) is 44.6. The van der Waals surface area contributed by atoms with Gasteiger partial charge in [0.1, 0.15) is 0 Å². The van der Waals surface area contributed by atoms with Crippen LogP contribution in [0.15, 0.2) is 121 Å². The van der Waals surface area contributed by atoms with Gasteiger partial charge in [-0.1, -0.05) is 170 Å². The highest BCUT2D eigenvalue weighted by Gasteiger charge is 2.17. The molecule has 5 aromatic rings. The van der Waals surface area contributed by atoms with E-state index in [-0.39, 0.29) is 0 Å². The van der Waals surface area contributed by atoms with Gasteiger partial charge in [0.25, 0.3) is 0 Å². The average Bonchev–Trinajstić information content (AvgIpc) is 3.19. The molecule has 2 heteroatoms. The number of benzene rings is 5. The monoisotopic (exact) mass is 707 g/mol. The molecule has 2 nitrogen and oxygen atoms in total. The minimum atomic E-state index is 1.09. The predicted octanol–water partition coefficient (Wildman–Crippen LogP) is 16.2. The summed E-state index contributed by atoms with van der Waals surface area (Å²) in [7, 11) is 0. The molecule has 1 N–H and O–H groups in total. The van der Waals surface area contributed by atoms with Gasteiger partial charge in [-0.15, -0.1) is 0 Å². The summed E-state index contributed by atoms with van der Waals surface area (Å²) >= 11 is 0. The van der Waals surface area contributed by atoms with Crippen LogP contribution in [-0.2, 0) is 12.8 Å². The summed E-state index contributed by atoms with van der Waals surface area (Å²) in [6.07, 6.45) is 23.8. The topological polar surface area (TPSA) is 15.3 Å². The molecular weight excluding hydrogens is 641 g/mol. The molecule has 0 atom stereocenters. The lowest BCUT2D eigenvalue weighted by Gasteiger charge is -2.27. The molecule has 0 saturated carbocycles. The number of para-hydroxylation sites is 2. The lowest BCUT2D eigenvalue weighted by molar-refractivity contribution is 0.575. The third-order valence-corrected chi connectivity index (χ3v) is 10.7. The molecule has 0 radical (unpaired) electrons. The first-order valence-corrected chi connectivity index (χ1v) is 21.2. The van der Waals surface area contributed by atoms with Gasteiger partial charge in [-0.3, -0.25) is 0 Å². The van der Waals surface area contributed by atoms with Gasteiger partial charge in [-0.25, -0.2) is 0 Å². The standard InChI is InChI=1S/C51H66N2/c1-4-6-8-10-12-14-16-20-26-43-40-42(3)32-38-50(43)51-39-37-49(41-44(51)27-21-17-15-13-11-9-7-5-2)53(47-30-24-19-25-31-47)48-35-33-46(34-36-48)52-45-28-22-18-23-29-45/h18-19,22-25,28-41,52H,4-17,20-21,26-27H2,1-3H3. The van der Waals surface area contributed by atoms with E-state index in [4.69, 9.17) is 0 Å². The fraction of sp³-hybridized carbons (Fsp3) is 0.412. The number of unbranched alkanes of at least 4 members (excludes halogenated alkanes) is 14. The van der Waals surface area contributed by atoms with E-state index >= 15 is 0 Å². The molecule has 0 aliphatic carbocycles. The molecule has 0 spiro atoms. The van der Waals surface area contributed by atoms with Crippen LogP contribution in [0.25, 0.3) is 11.1 Å². The van der Waals surface area contributed by atoms with Crippen molar-refractivity contribution in [3.05, 3.63) is 138 Å². The zero-order chi connectivity index (χ0) is 36.9. The molecule has 5 rings (SSSR count). The van der Waals surface area contributed by atoms with E-state index in [1.807, 2.05) is 0 Å². The van der Waals surface area contributed by atoms with Gasteiger partial charge in [-0.05, 0) is 116 Å². The Hall–Kier alpha value is -4.30. The van der Waals surface area contributed by atoms with Crippen LogP contribution in [0.3, 0.4) is 0 Å². The van der Waals surface area contributed by atoms with Crippen LogP contribution in [-0.4, -0.2) is 0 Å². The Morgan fingerprint density at radius 2 is 0.830 bits per heavy atom. The molecule has 0 bridgehead atoms. The summed E-state index contributed by atoms with van der Waals surface area (Å²) in [6.45, 7) is 6.86. The Kier molecular flexibility index (Phi) is 17.1. The second kappa shape index (κ2) is 22.7. The van der Waals surface area contributed by atoms with Crippen LogP contribution in [0.2, 0.25) is 0 Å². The quantitative estimate of drug-likeness (QED) is 0.0643. The summed E-state index contributed by atoms with van der Waals surface area (Å²) < 4.78 is 0. The van der Waals surface area contributed by atoms with Crippen LogP contribution in [0.5, 0.6) is 0 Å². The van der Waals surface area contributed by atoms with Crippen molar-refractivity contribution in [1.29, 1.82) is 0 Å². The SMILES string of the molecule is CCCCCCCCCCc1cc(C)ccc1-c1ccc(N(c2ccccc2)c2ccc(Nc3ccccc3)cc2)cc1CCCCCCCCCC. The predicted molar refractivity (Wildman–Crippen MR) is 234 cm³/mol. The van der Waals surface area contributed by atoms with Crippen molar-refractivity contribution in [3.63, 3.8) is 0 Å². The van der Waals surface area contributed by atoms with E-state index in [9.17, 15) is 0 Å². The van der Waals surface area contributed by atoms with E-state index in [1.54, 1.807) is 0 Å². The number of aryl methyl sites for hydroxylation is 3. The highest BCUT2D eigenvalue weighted by molar-refractivity contribution is 5.81. The van der Waals surface area contributed by atoms with Crippen LogP contribution < -0.4 is 10.2 Å². The molecule has 0 aromatic heterocycles. The molecule has 0 aliphatic heterocycles. The molecule has 5 aromatic carbocycles. The minimum absolute atomic E-state index is 1.09. The van der Waals surface area contributed by atoms with E-state index in [2.05, 4.69) is 152 Å². The second-order valence-electron chi connectivity index (χ2n) is 15.2. The van der Waals surface area contributed by atoms with Gasteiger partial charge in [-0.2, -0.15) is 0 Å². The van der Waals surface area contributed by atoms with Crippen molar-refractivity contribution >= 4 is 28.4 Å². The molecule has 0 unspecified atom stereocenters. The minimum Gasteiger partial charge on any atom is -0.356 e. The number of nitrogens with zero attached hydrogens (tertiary/aromatic N) is 1. The third kappa shape index (κ3) is 13.0. The van der Waals surface area contributed by atoms with E-state index in [0.717, 1.165) is 29.9 Å². The number of hydrogen-bond donors (Lipinski definition) is 1. The molecular formula is C51H66N2. The maximum absolute atomic E-state index is 3.55. The summed E-state index contributed by atoms with van der Waals surface area (Å²) in [5.41, 5.74) is 12.9. The third-order valence-electron chi connectivity index (χ3n) is 10.7. The molecule has 0 saturated heterocycles. The average molecular weight is 707 g/mol. The highest BCUT2D eigenvalue weighted by Crippen LogP contribution is 2.39. The normalized spacial score (nSPS) is 11.2. The van der Waals surface area contributed by atoms with Crippen molar-refractivity contribution in [2.45, 2.75) is 136 Å². The maximum Gasteiger partial charge on any atom is 0.0464 e. The Bertz CT molecular complexity index is 1720. The van der Waals surface area contributed by atoms with E-state index < -0.39 is 0 Å². The van der Waals surface area contributed by atoms with Crippen molar-refractivity contribution < 1.29 is 0 Å². The fourth-order valence-corrected chi connectivity index (χ4v) is 7.69. The number of anilines is 5. The summed E-state index contributed by atoms with van der Waals surface area (Å²) in [5, 5.41) is 3.55. The lowest BCUT2D eigenvalue weighted by Crippen LogP contribution is -2.10. The number of rotatable bonds is 24. The van der Waals surface area contributed by atoms with Gasteiger partial charge in [0.2, 0.25) is 0 Å². The highest BCUT2D eigenvalue weighted by atomic mass is 15.1. The summed E-state index contributed by atoms with van der Waals surface area (Å²) in [5.74, 6) is 0. The molecule has 0 fully saturated rings. The fourth-order valence-electron chi connectivity index (χ4n) is 7.69. The van der Waals surface area contributed by atoms with Crippen molar-refractivity contribution in [2.24, 2.45) is 0 Å². The zero-order valence-corrected chi connectivity index (χ0v) is 33.2. The smallest absolute Gasteiger partial charge is 0.0464 e. The Balaban J connectivity index is 1.41. The van der Waals surface area contributed by atoms with Crippen molar-refractivity contribution in [2.75, 3.05) is 10.2 Å². The summed E-state index contributed by atoms with van der Waals surface area (Å²) in [4.78, 5) is 2.42. The number of hydrogen-bond acceptors (Lipinski definition) is 2. The van der Waals surface area contributed by atoms with E-state index in [1.165, 1.54) is 142 Å². The first kappa shape index (κ1) is 39.9. The second-order valence-corrected chi connectivity index (χ2v) is 15.2. The van der Waals surface area contributed by atoms with E-state index in [0.29, 0.717) is 0 Å². The van der Waals surface area contributed by atoms with Crippen molar-refractivity contribution in [3.8, 4) is 11.1 Å². The van der Waals surface area contributed by atoms with Crippen LogP contribution in [0.4, 0.5) is 28.4 Å². The Morgan fingerprint density at radius 3 is 1.40 bits per heavy atom. The lowest BCUT2D eigenvalue weighted by atomic mass is 9.89. The van der Waals surface area contributed by atoms with Crippen LogP contribution in [0, 0.1) is 6.92 Å². The molecule has 0 aliphatic rings. The number of nitrogens with one attached hydrogen (secondary N) is 1. The van der Waals surface area contributed by atoms with Gasteiger partial charge in [0, 0.05) is 28.4 Å². The first-order chi connectivity index (χ1) is 26.2. The van der Waals surface area contributed by atoms with Crippen LogP contribution in [0.1, 0.15) is 133 Å². The first-order valence-electron chi connectivity index (χ1n) is 21.2. The van der Waals surface area contributed by atoms with Crippen LogP contribution >= 0.6 is 0 Å². The Labute approximate surface area is 323 Å². The molecule has 0 amide bonds. The van der Waals surface area contributed by atoms with Gasteiger partial charge >= 0.3 is 0 Å². The van der Waals surface area contributed by atoms with Gasteiger partial charge in [0.15, 0.2) is 0 Å². The maximum atomic E-state index is 3.55. The molecule has 53 heavy (non-hydrogen) atoms. The van der Waals surface area contributed by atoms with Gasteiger partial charge < -0.3 is 10.2 Å². The largest absolute Gasteiger partial charge is 0.356 e. The zero-order valence-electron chi connectivity index (χ0n) is 33.2.